The Bertz CT molecular complexity index is 845. The maximum Gasteiger partial charge on any atom is 0.459 e. The number of ether oxygens (including phenoxy) is 1. The van der Waals surface area contributed by atoms with Gasteiger partial charge in [0.1, 0.15) is 17.9 Å². The second-order valence-corrected chi connectivity index (χ2v) is 10.1. The Kier molecular flexibility index (Phi) is 11.0. The quantitative estimate of drug-likeness (QED) is 0.225. The van der Waals surface area contributed by atoms with Crippen LogP contribution in [0.4, 0.5) is 0 Å². The lowest BCUT2D eigenvalue weighted by Crippen LogP contribution is -2.47. The van der Waals surface area contributed by atoms with Crippen LogP contribution in [-0.4, -0.2) is 60.5 Å². The molecule has 33 heavy (non-hydrogen) atoms. The lowest BCUT2D eigenvalue weighted by Gasteiger charge is -2.32. The fourth-order valence-electron chi connectivity index (χ4n) is 2.54. The van der Waals surface area contributed by atoms with E-state index in [1.807, 2.05) is 0 Å². The summed E-state index contributed by atoms with van der Waals surface area (Å²) in [4.78, 5) is 35.0. The molecule has 11 nitrogen and oxygen atoms in total. The van der Waals surface area contributed by atoms with Gasteiger partial charge in [-0.05, 0) is 18.1 Å². The average molecular weight is 488 g/mol. The van der Waals surface area contributed by atoms with Crippen molar-refractivity contribution in [1.82, 2.24) is 10.4 Å². The van der Waals surface area contributed by atoms with Crippen molar-refractivity contribution in [2.75, 3.05) is 20.3 Å². The lowest BCUT2D eigenvalue weighted by molar-refractivity contribution is -0.141. The van der Waals surface area contributed by atoms with E-state index in [9.17, 15) is 29.2 Å². The minimum atomic E-state index is -4.24. The maximum atomic E-state index is 13.5. The Balaban J connectivity index is 2.95. The first-order valence-electron chi connectivity index (χ1n) is 10.3. The van der Waals surface area contributed by atoms with Gasteiger partial charge < -0.3 is 24.8 Å². The van der Waals surface area contributed by atoms with Crippen molar-refractivity contribution >= 4 is 25.6 Å². The van der Waals surface area contributed by atoms with Crippen molar-refractivity contribution in [3.63, 3.8) is 0 Å². The highest BCUT2D eigenvalue weighted by Gasteiger charge is 2.40. The predicted octanol–water partition coefficient (Wildman–Crippen LogP) is 1.96. The molecule has 0 fully saturated rings. The molecule has 0 bridgehead atoms. The first kappa shape index (κ1) is 28.6. The zero-order chi connectivity index (χ0) is 25.2. The van der Waals surface area contributed by atoms with Crippen molar-refractivity contribution in [1.29, 1.82) is 0 Å². The van der Waals surface area contributed by atoms with Crippen LogP contribution in [0.1, 0.15) is 34.1 Å². The molecule has 0 radical (unpaired) electrons. The summed E-state index contributed by atoms with van der Waals surface area (Å²) in [5, 5.41) is 24.8. The van der Waals surface area contributed by atoms with Gasteiger partial charge in [-0.25, -0.2) is 4.57 Å². The van der Waals surface area contributed by atoms with Gasteiger partial charge in [0, 0.05) is 12.0 Å². The van der Waals surface area contributed by atoms with Gasteiger partial charge in [0.2, 0.25) is 5.91 Å². The molecule has 0 heterocycles. The molecule has 1 aromatic carbocycles. The van der Waals surface area contributed by atoms with E-state index in [0.29, 0.717) is 0 Å². The van der Waals surface area contributed by atoms with Crippen molar-refractivity contribution in [3.05, 3.63) is 30.3 Å². The highest BCUT2D eigenvalue weighted by Crippen LogP contribution is 2.47. The fraction of sp³-hybridized carbons (Fsp3) is 0.571. The molecule has 0 aliphatic rings. The molecule has 1 unspecified atom stereocenters. The average Bonchev–Trinajstić information content (AvgIpc) is 2.75. The highest BCUT2D eigenvalue weighted by molar-refractivity contribution is 7.52. The van der Waals surface area contributed by atoms with Gasteiger partial charge in [0.15, 0.2) is 0 Å². The minimum absolute atomic E-state index is 0.0364. The Morgan fingerprint density at radius 2 is 1.76 bits per heavy atom. The summed E-state index contributed by atoms with van der Waals surface area (Å²) < 4.78 is 29.0. The van der Waals surface area contributed by atoms with Crippen LogP contribution in [-0.2, 0) is 28.2 Å². The summed E-state index contributed by atoms with van der Waals surface area (Å²) >= 11 is 0. The van der Waals surface area contributed by atoms with Crippen LogP contribution in [0.25, 0.3) is 0 Å². The summed E-state index contributed by atoms with van der Waals surface area (Å²) in [6, 6.07) is 6.81. The molecule has 1 amide bonds. The Labute approximate surface area is 193 Å². The molecular formula is C21H33N2O9P. The zero-order valence-electron chi connectivity index (χ0n) is 19.4. The van der Waals surface area contributed by atoms with Crippen LogP contribution in [0.15, 0.2) is 30.3 Å². The first-order chi connectivity index (χ1) is 15.3. The minimum Gasteiger partial charge on any atom is -0.480 e. The van der Waals surface area contributed by atoms with Crippen LogP contribution < -0.4 is 14.9 Å². The van der Waals surface area contributed by atoms with E-state index < -0.39 is 55.7 Å². The summed E-state index contributed by atoms with van der Waals surface area (Å²) in [7, 11) is -3.03. The predicted molar refractivity (Wildman–Crippen MR) is 119 cm³/mol. The molecular weight excluding hydrogens is 455 g/mol. The fourth-order valence-corrected chi connectivity index (χ4v) is 4.37. The molecule has 12 heteroatoms. The second kappa shape index (κ2) is 12.7. The summed E-state index contributed by atoms with van der Waals surface area (Å²) in [5.74, 6) is -2.78. The molecule has 0 saturated heterocycles. The molecule has 3 atom stereocenters. The molecule has 1 aromatic rings. The van der Waals surface area contributed by atoms with Crippen molar-refractivity contribution in [2.24, 2.45) is 11.3 Å². The van der Waals surface area contributed by atoms with Gasteiger partial charge >= 0.3 is 19.7 Å². The number of esters is 1. The molecule has 0 aliphatic carbocycles. The third kappa shape index (κ3) is 9.51. The number of hydrogen-bond donors (Lipinski definition) is 4. The van der Waals surface area contributed by atoms with Crippen LogP contribution in [0.2, 0.25) is 0 Å². The number of hydrogen-bond acceptors (Lipinski definition) is 8. The number of rotatable bonds is 14. The molecule has 4 N–H and O–H groups in total. The largest absolute Gasteiger partial charge is 0.480 e. The number of methoxy groups -OCH3 is 1. The topological polar surface area (TPSA) is 160 Å². The number of carboxylic acids is 1. The number of aliphatic hydroxyl groups excluding tert-OH is 1. The van der Waals surface area contributed by atoms with Crippen LogP contribution in [0.5, 0.6) is 5.75 Å². The van der Waals surface area contributed by atoms with E-state index in [4.69, 9.17) is 9.05 Å². The van der Waals surface area contributed by atoms with E-state index in [2.05, 4.69) is 15.1 Å². The monoisotopic (exact) mass is 488 g/mol. The summed E-state index contributed by atoms with van der Waals surface area (Å²) in [6.45, 7) is 5.81. The molecule has 0 saturated carbocycles. The van der Waals surface area contributed by atoms with Crippen molar-refractivity contribution in [3.8, 4) is 5.75 Å². The summed E-state index contributed by atoms with van der Waals surface area (Å²) in [5.41, 5.74) is -1.25. The van der Waals surface area contributed by atoms with Gasteiger partial charge in [0.05, 0.1) is 20.1 Å². The number of carbonyl (C=O) groups is 3. The van der Waals surface area contributed by atoms with Gasteiger partial charge in [-0.3, -0.25) is 18.9 Å². The maximum absolute atomic E-state index is 13.5. The number of para-hydroxylation sites is 1. The van der Waals surface area contributed by atoms with Crippen molar-refractivity contribution in [2.45, 2.75) is 46.3 Å². The highest BCUT2D eigenvalue weighted by atomic mass is 31.2. The Hall–Kier alpha value is -2.46. The number of aliphatic carboxylic acids is 1. The zero-order valence-corrected chi connectivity index (χ0v) is 20.3. The van der Waals surface area contributed by atoms with E-state index >= 15 is 0 Å². The number of nitrogens with one attached hydrogen (secondary N) is 2. The molecule has 0 aliphatic heterocycles. The van der Waals surface area contributed by atoms with Gasteiger partial charge in [-0.15, -0.1) is 0 Å². The smallest absolute Gasteiger partial charge is 0.459 e. The summed E-state index contributed by atoms with van der Waals surface area (Å²) in [6.07, 6.45) is -1.65. The van der Waals surface area contributed by atoms with Gasteiger partial charge in [-0.2, -0.15) is 5.09 Å². The number of amides is 1. The number of aliphatic hydroxyl groups is 1. The van der Waals surface area contributed by atoms with Gasteiger partial charge in [-0.1, -0.05) is 45.9 Å². The SMILES string of the molecule is COC(=O)CCNC(=O)[C@H](O)C(C)(C)COP(=O)(N[C@H](C(=O)O)C(C)C)Oc1ccccc1. The van der Waals surface area contributed by atoms with Crippen LogP contribution >= 0.6 is 7.75 Å². The second-order valence-electron chi connectivity index (χ2n) is 8.37. The normalized spacial score (nSPS) is 15.2. The van der Waals surface area contributed by atoms with E-state index in [0.717, 1.165) is 0 Å². The Morgan fingerprint density at radius 3 is 2.27 bits per heavy atom. The molecule has 1 rings (SSSR count). The third-order valence-electron chi connectivity index (χ3n) is 4.65. The molecule has 186 valence electrons. The van der Waals surface area contributed by atoms with Crippen molar-refractivity contribution < 1.29 is 42.9 Å². The Morgan fingerprint density at radius 1 is 1.15 bits per heavy atom. The van der Waals surface area contributed by atoms with Crippen LogP contribution in [0.3, 0.4) is 0 Å². The van der Waals surface area contributed by atoms with Crippen LogP contribution in [0, 0.1) is 11.3 Å². The number of carbonyl (C=O) groups excluding carboxylic acids is 2. The van der Waals surface area contributed by atoms with Gasteiger partial charge in [0.25, 0.3) is 0 Å². The standard InChI is InChI=1S/C21H33N2O9P/c1-14(2)17(20(27)28)23-33(29,32-15-9-7-6-8-10-15)31-13-21(3,4)18(25)19(26)22-12-11-16(24)30-5/h6-10,14,17-18,25H,11-13H2,1-5H3,(H,22,26)(H,23,29)(H,27,28)/t17-,18-,33?/m0/s1. The van der Waals surface area contributed by atoms with E-state index in [-0.39, 0.29) is 18.7 Å². The molecule has 0 aromatic heterocycles. The number of carboxylic acid groups (broad SMARTS) is 1. The lowest BCUT2D eigenvalue weighted by atomic mass is 9.87. The first-order valence-corrected chi connectivity index (χ1v) is 11.9. The van der Waals surface area contributed by atoms with E-state index in [1.165, 1.54) is 33.1 Å². The molecule has 0 spiro atoms. The van der Waals surface area contributed by atoms with E-state index in [1.54, 1.807) is 32.0 Å². The third-order valence-corrected chi connectivity index (χ3v) is 6.16. The number of benzene rings is 1.